The Labute approximate surface area is 86.0 Å². The Morgan fingerprint density at radius 1 is 0.933 bits per heavy atom. The third kappa shape index (κ3) is 1.30. The predicted octanol–water partition coefficient (Wildman–Crippen LogP) is 1.62. The van der Waals surface area contributed by atoms with Crippen LogP contribution >= 0.6 is 0 Å². The second kappa shape index (κ2) is 2.98. The highest BCUT2D eigenvalue weighted by atomic mass is 16.8. The molecule has 2 bridgehead atoms. The molecule has 4 rings (SSSR count). The second-order valence-corrected chi connectivity index (χ2v) is 4.06. The Morgan fingerprint density at radius 2 is 1.40 bits per heavy atom. The number of fused-ring (bicyclic) bond motifs is 1. The molecule has 1 saturated carbocycles. The first-order valence-electron chi connectivity index (χ1n) is 5.01. The summed E-state index contributed by atoms with van der Waals surface area (Å²) in [5, 5.41) is 0. The van der Waals surface area contributed by atoms with E-state index in [0.29, 0.717) is 0 Å². The fourth-order valence-corrected chi connectivity index (χ4v) is 2.54. The maximum Gasteiger partial charge on any atom is 0.519 e. The molecule has 1 saturated heterocycles. The van der Waals surface area contributed by atoms with Gasteiger partial charge in [-0.1, -0.05) is 12.2 Å². The zero-order valence-electron chi connectivity index (χ0n) is 7.92. The van der Waals surface area contributed by atoms with Crippen molar-refractivity contribution in [2.24, 2.45) is 11.8 Å². The van der Waals surface area contributed by atoms with Gasteiger partial charge in [0.05, 0.1) is 0 Å². The first kappa shape index (κ1) is 8.76. The molecule has 0 spiro atoms. The summed E-state index contributed by atoms with van der Waals surface area (Å²) >= 11 is 0. The van der Waals surface area contributed by atoms with Crippen LogP contribution in [0.1, 0.15) is 12.8 Å². The molecule has 0 aromatic rings. The van der Waals surface area contributed by atoms with Gasteiger partial charge in [-0.15, -0.1) is 0 Å². The second-order valence-electron chi connectivity index (χ2n) is 4.06. The quantitative estimate of drug-likeness (QED) is 0.345. The number of carbonyl (C=O) groups excluding carboxylic acids is 2. The largest absolute Gasteiger partial charge is 0.519 e. The average molecular weight is 210 g/mol. The van der Waals surface area contributed by atoms with Crippen molar-refractivity contribution in [3.8, 4) is 0 Å². The molecule has 5 nitrogen and oxygen atoms in total. The van der Waals surface area contributed by atoms with Gasteiger partial charge in [-0.05, 0) is 12.8 Å². The number of cyclic esters (lactones) is 2. The van der Waals surface area contributed by atoms with Gasteiger partial charge in [-0.3, -0.25) is 0 Å². The van der Waals surface area contributed by atoms with E-state index in [1.807, 2.05) is 12.2 Å². The highest BCUT2D eigenvalue weighted by molar-refractivity contribution is 5.78. The molecule has 80 valence electrons. The topological polar surface area (TPSA) is 61.8 Å². The third-order valence-electron chi connectivity index (χ3n) is 3.24. The van der Waals surface area contributed by atoms with E-state index in [1.54, 1.807) is 0 Å². The molecule has 4 aliphatic rings. The molecule has 4 atom stereocenters. The summed E-state index contributed by atoms with van der Waals surface area (Å²) in [6.07, 6.45) is 3.35. The van der Waals surface area contributed by atoms with E-state index in [9.17, 15) is 9.59 Å². The van der Waals surface area contributed by atoms with Crippen LogP contribution in [-0.4, -0.2) is 24.5 Å². The Hall–Kier alpha value is -1.52. The van der Waals surface area contributed by atoms with Crippen LogP contribution in [0.5, 0.6) is 0 Å². The SMILES string of the molecule is O=C1OC(=O)O[C@H]2C3C=C[C@@H](CC3)[C@H]2O1. The van der Waals surface area contributed by atoms with Gasteiger partial charge in [0.15, 0.2) is 0 Å². The van der Waals surface area contributed by atoms with E-state index < -0.39 is 12.3 Å². The first-order valence-corrected chi connectivity index (χ1v) is 5.01. The smallest absolute Gasteiger partial charge is 0.426 e. The lowest BCUT2D eigenvalue weighted by Crippen LogP contribution is -2.47. The minimum Gasteiger partial charge on any atom is -0.426 e. The van der Waals surface area contributed by atoms with E-state index >= 15 is 0 Å². The third-order valence-corrected chi connectivity index (χ3v) is 3.24. The van der Waals surface area contributed by atoms with Gasteiger partial charge < -0.3 is 14.2 Å². The highest BCUT2D eigenvalue weighted by Gasteiger charge is 2.48. The Kier molecular flexibility index (Phi) is 1.74. The molecule has 1 aliphatic heterocycles. The summed E-state index contributed by atoms with van der Waals surface area (Å²) in [6.45, 7) is 0. The highest BCUT2D eigenvalue weighted by Crippen LogP contribution is 2.40. The molecule has 0 aromatic heterocycles. The molecule has 1 unspecified atom stereocenters. The van der Waals surface area contributed by atoms with Gasteiger partial charge in [0.25, 0.3) is 0 Å². The van der Waals surface area contributed by atoms with Crippen LogP contribution in [0.2, 0.25) is 0 Å². The average Bonchev–Trinajstić information content (AvgIpc) is 2.37. The van der Waals surface area contributed by atoms with Crippen LogP contribution < -0.4 is 0 Å². The molecule has 2 fully saturated rings. The van der Waals surface area contributed by atoms with Gasteiger partial charge in [-0.2, -0.15) is 0 Å². The van der Waals surface area contributed by atoms with Gasteiger partial charge >= 0.3 is 12.3 Å². The summed E-state index contributed by atoms with van der Waals surface area (Å²) in [5.41, 5.74) is 0. The first-order chi connectivity index (χ1) is 7.24. The van der Waals surface area contributed by atoms with Gasteiger partial charge in [0, 0.05) is 11.8 Å². The molecule has 0 amide bonds. The zero-order chi connectivity index (χ0) is 10.4. The van der Waals surface area contributed by atoms with Gasteiger partial charge in [-0.25, -0.2) is 9.59 Å². The maximum absolute atomic E-state index is 11.1. The van der Waals surface area contributed by atoms with Crippen molar-refractivity contribution >= 4 is 12.3 Å². The monoisotopic (exact) mass is 210 g/mol. The van der Waals surface area contributed by atoms with Crippen LogP contribution in [0, 0.1) is 11.8 Å². The van der Waals surface area contributed by atoms with Crippen molar-refractivity contribution in [1.29, 1.82) is 0 Å². The Morgan fingerprint density at radius 3 is 1.80 bits per heavy atom. The molecule has 5 heteroatoms. The molecule has 0 radical (unpaired) electrons. The van der Waals surface area contributed by atoms with Crippen LogP contribution in [0.15, 0.2) is 12.2 Å². The Bertz CT molecular complexity index is 316. The standard InChI is InChI=1S/C10H10O5/c11-9-13-7-5-1-2-6(4-3-5)8(7)14-10(12)15-9/h1-2,5-8H,3-4H2/t5-,6?,7+,8-/m0/s1. The van der Waals surface area contributed by atoms with Crippen molar-refractivity contribution in [2.75, 3.05) is 0 Å². The summed E-state index contributed by atoms with van der Waals surface area (Å²) in [7, 11) is 0. The minimum atomic E-state index is -0.951. The lowest BCUT2D eigenvalue weighted by molar-refractivity contribution is -0.0573. The van der Waals surface area contributed by atoms with Crippen LogP contribution in [0.4, 0.5) is 9.59 Å². The van der Waals surface area contributed by atoms with Crippen LogP contribution in [0.25, 0.3) is 0 Å². The molecule has 0 N–H and O–H groups in total. The van der Waals surface area contributed by atoms with E-state index in [0.717, 1.165) is 12.8 Å². The van der Waals surface area contributed by atoms with E-state index in [2.05, 4.69) is 4.74 Å². The molecular weight excluding hydrogens is 200 g/mol. The lowest BCUT2D eigenvalue weighted by atomic mass is 9.72. The predicted molar refractivity (Wildman–Crippen MR) is 47.0 cm³/mol. The van der Waals surface area contributed by atoms with Crippen molar-refractivity contribution in [1.82, 2.24) is 0 Å². The maximum atomic E-state index is 11.1. The fraction of sp³-hybridized carbons (Fsp3) is 0.600. The number of hydrogen-bond acceptors (Lipinski definition) is 5. The summed E-state index contributed by atoms with van der Waals surface area (Å²) in [6, 6.07) is 0. The van der Waals surface area contributed by atoms with Gasteiger partial charge in [0.1, 0.15) is 12.2 Å². The summed E-state index contributed by atoms with van der Waals surface area (Å²) in [5.74, 6) is 0.303. The molecule has 0 aromatic carbocycles. The van der Waals surface area contributed by atoms with Crippen molar-refractivity contribution in [2.45, 2.75) is 25.0 Å². The number of ether oxygens (including phenoxy) is 3. The normalized spacial score (nSPS) is 42.4. The van der Waals surface area contributed by atoms with Crippen LogP contribution in [0.3, 0.4) is 0 Å². The van der Waals surface area contributed by atoms with Gasteiger partial charge in [0.2, 0.25) is 0 Å². The summed E-state index contributed by atoms with van der Waals surface area (Å²) < 4.78 is 14.4. The summed E-state index contributed by atoms with van der Waals surface area (Å²) in [4.78, 5) is 22.1. The van der Waals surface area contributed by atoms with Crippen molar-refractivity contribution in [3.63, 3.8) is 0 Å². The van der Waals surface area contributed by atoms with E-state index in [1.165, 1.54) is 0 Å². The molecule has 15 heavy (non-hydrogen) atoms. The number of hydrogen-bond donors (Lipinski definition) is 0. The molecule has 1 heterocycles. The fourth-order valence-electron chi connectivity index (χ4n) is 2.54. The number of carbonyl (C=O) groups is 2. The van der Waals surface area contributed by atoms with Crippen molar-refractivity contribution < 1.29 is 23.8 Å². The van der Waals surface area contributed by atoms with E-state index in [4.69, 9.17) is 9.47 Å². The van der Waals surface area contributed by atoms with Crippen LogP contribution in [-0.2, 0) is 14.2 Å². The lowest BCUT2D eigenvalue weighted by Gasteiger charge is -2.40. The molecule has 3 aliphatic carbocycles. The Balaban J connectivity index is 1.93. The zero-order valence-corrected chi connectivity index (χ0v) is 7.92. The van der Waals surface area contributed by atoms with Crippen molar-refractivity contribution in [3.05, 3.63) is 12.2 Å². The van der Waals surface area contributed by atoms with E-state index in [-0.39, 0.29) is 24.0 Å². The minimum absolute atomic E-state index is 0.151. The molecular formula is C10H10O5. The number of rotatable bonds is 0.